The van der Waals surface area contributed by atoms with Crippen LogP contribution >= 0.6 is 11.6 Å². The second kappa shape index (κ2) is 5.83. The molecule has 0 N–H and O–H groups in total. The monoisotopic (exact) mass is 299 g/mol. The summed E-state index contributed by atoms with van der Waals surface area (Å²) in [5, 5.41) is -0.563. The first-order valence-electron chi connectivity index (χ1n) is 6.12. The lowest BCUT2D eigenvalue weighted by molar-refractivity contribution is -0.137. The summed E-state index contributed by atoms with van der Waals surface area (Å²) in [6.45, 7) is 1.85. The Kier molecular flexibility index (Phi) is 4.33. The Hall–Kier alpha value is -1.55. The molecule has 0 aliphatic heterocycles. The molecule has 0 saturated heterocycles. The number of halogens is 4. The number of hydrogen-bond donors (Lipinski definition) is 0. The van der Waals surface area contributed by atoms with E-state index in [2.05, 4.69) is 4.98 Å². The normalized spacial score (nSPS) is 14.8. The number of rotatable bonds is 3. The second-order valence-electron chi connectivity index (χ2n) is 4.57. The fourth-order valence-corrected chi connectivity index (χ4v) is 2.24. The van der Waals surface area contributed by atoms with Crippen molar-refractivity contribution in [2.75, 3.05) is 0 Å². The fourth-order valence-electron chi connectivity index (χ4n) is 1.97. The third-order valence-corrected chi connectivity index (χ3v) is 3.76. The van der Waals surface area contributed by atoms with Gasteiger partial charge in [0.1, 0.15) is 0 Å². The molecular weight excluding hydrogens is 287 g/mol. The van der Waals surface area contributed by atoms with Crippen LogP contribution in [0.4, 0.5) is 13.2 Å². The molecule has 0 saturated carbocycles. The van der Waals surface area contributed by atoms with Crippen LogP contribution in [0.25, 0.3) is 0 Å². The molecule has 1 aromatic heterocycles. The fraction of sp³-hybridized carbons (Fsp3) is 0.267. The molecule has 20 heavy (non-hydrogen) atoms. The first-order valence-corrected chi connectivity index (χ1v) is 6.55. The van der Waals surface area contributed by atoms with Crippen molar-refractivity contribution in [1.82, 2.24) is 4.98 Å². The number of nitrogens with zero attached hydrogens (tertiary/aromatic N) is 1. The van der Waals surface area contributed by atoms with Gasteiger partial charge in [-0.25, -0.2) is 0 Å². The number of pyridine rings is 1. The maximum atomic E-state index is 12.7. The van der Waals surface area contributed by atoms with Gasteiger partial charge in [0.2, 0.25) is 0 Å². The molecule has 0 spiro atoms. The molecule has 0 radical (unpaired) electrons. The molecule has 2 rings (SSSR count). The summed E-state index contributed by atoms with van der Waals surface area (Å²) in [5.41, 5.74) is 0.512. The average molecular weight is 300 g/mol. The van der Waals surface area contributed by atoms with Gasteiger partial charge in [0, 0.05) is 17.8 Å². The maximum absolute atomic E-state index is 12.7. The van der Waals surface area contributed by atoms with E-state index in [1.807, 2.05) is 19.1 Å². The van der Waals surface area contributed by atoms with E-state index < -0.39 is 17.1 Å². The molecule has 2 unspecified atom stereocenters. The first kappa shape index (κ1) is 14.9. The summed E-state index contributed by atoms with van der Waals surface area (Å²) < 4.78 is 38.1. The van der Waals surface area contributed by atoms with E-state index in [4.69, 9.17) is 11.6 Å². The summed E-state index contributed by atoms with van der Waals surface area (Å²) in [6.07, 6.45) is -2.72. The lowest BCUT2D eigenvalue weighted by Gasteiger charge is -2.19. The number of hydrogen-bond acceptors (Lipinski definition) is 1. The first-order chi connectivity index (χ1) is 9.39. The van der Waals surface area contributed by atoms with Crippen LogP contribution in [0.2, 0.25) is 0 Å². The van der Waals surface area contributed by atoms with Crippen LogP contribution in [-0.4, -0.2) is 4.98 Å². The maximum Gasteiger partial charge on any atom is 0.416 e. The third-order valence-electron chi connectivity index (χ3n) is 3.13. The molecule has 2 atom stereocenters. The SMILES string of the molecule is CC(c1ccccn1)C(Cl)c1cccc(C(F)(F)F)c1. The van der Waals surface area contributed by atoms with Crippen molar-refractivity contribution >= 4 is 11.6 Å². The van der Waals surface area contributed by atoms with Gasteiger partial charge in [-0.05, 0) is 23.8 Å². The molecule has 1 aromatic carbocycles. The van der Waals surface area contributed by atoms with Crippen molar-refractivity contribution in [3.05, 3.63) is 65.5 Å². The second-order valence-corrected chi connectivity index (χ2v) is 5.04. The Morgan fingerprint density at radius 2 is 1.85 bits per heavy atom. The quantitative estimate of drug-likeness (QED) is 0.711. The highest BCUT2D eigenvalue weighted by Gasteiger charge is 2.31. The van der Waals surface area contributed by atoms with E-state index in [9.17, 15) is 13.2 Å². The van der Waals surface area contributed by atoms with Crippen LogP contribution in [0.5, 0.6) is 0 Å². The molecule has 1 heterocycles. The van der Waals surface area contributed by atoms with Crippen molar-refractivity contribution in [3.8, 4) is 0 Å². The van der Waals surface area contributed by atoms with Gasteiger partial charge in [-0.1, -0.05) is 31.2 Å². The highest BCUT2D eigenvalue weighted by atomic mass is 35.5. The summed E-state index contributed by atoms with van der Waals surface area (Å²) in [5.74, 6) is -0.179. The summed E-state index contributed by atoms with van der Waals surface area (Å²) in [7, 11) is 0. The van der Waals surface area contributed by atoms with Crippen molar-refractivity contribution < 1.29 is 13.2 Å². The van der Waals surface area contributed by atoms with Crippen LogP contribution in [0.3, 0.4) is 0 Å². The van der Waals surface area contributed by atoms with E-state index >= 15 is 0 Å². The molecule has 2 aromatic rings. The summed E-state index contributed by atoms with van der Waals surface area (Å²) >= 11 is 6.31. The smallest absolute Gasteiger partial charge is 0.261 e. The minimum Gasteiger partial charge on any atom is -0.261 e. The van der Waals surface area contributed by atoms with Gasteiger partial charge in [0.05, 0.1) is 10.9 Å². The van der Waals surface area contributed by atoms with Crippen molar-refractivity contribution in [1.29, 1.82) is 0 Å². The van der Waals surface area contributed by atoms with E-state index in [1.54, 1.807) is 18.3 Å². The standard InChI is InChI=1S/C15H13ClF3N/c1-10(13-7-2-3-8-20-13)14(16)11-5-4-6-12(9-11)15(17,18)19/h2-10,14H,1H3. The zero-order valence-corrected chi connectivity index (χ0v) is 11.5. The van der Waals surface area contributed by atoms with Gasteiger partial charge in [0.15, 0.2) is 0 Å². The zero-order chi connectivity index (χ0) is 14.8. The zero-order valence-electron chi connectivity index (χ0n) is 10.7. The molecule has 0 amide bonds. The Balaban J connectivity index is 2.27. The van der Waals surface area contributed by atoms with Gasteiger partial charge in [0.25, 0.3) is 0 Å². The topological polar surface area (TPSA) is 12.9 Å². The van der Waals surface area contributed by atoms with Crippen LogP contribution in [0.15, 0.2) is 48.7 Å². The highest BCUT2D eigenvalue weighted by Crippen LogP contribution is 2.37. The van der Waals surface area contributed by atoms with E-state index in [0.29, 0.717) is 5.56 Å². The Bertz CT molecular complexity index is 569. The van der Waals surface area contributed by atoms with Gasteiger partial charge in [-0.2, -0.15) is 13.2 Å². The van der Waals surface area contributed by atoms with Crippen LogP contribution in [0, 0.1) is 0 Å². The number of alkyl halides is 4. The average Bonchev–Trinajstić information content (AvgIpc) is 2.46. The minimum absolute atomic E-state index is 0.179. The minimum atomic E-state index is -4.36. The predicted molar refractivity (Wildman–Crippen MR) is 72.7 cm³/mol. The Morgan fingerprint density at radius 1 is 1.10 bits per heavy atom. The lowest BCUT2D eigenvalue weighted by atomic mass is 9.95. The molecule has 0 fully saturated rings. The van der Waals surface area contributed by atoms with E-state index in [0.717, 1.165) is 17.8 Å². The molecule has 1 nitrogen and oxygen atoms in total. The molecule has 0 bridgehead atoms. The molecule has 0 aliphatic rings. The Labute approximate surface area is 120 Å². The molecule has 5 heteroatoms. The molecule has 0 aliphatic carbocycles. The van der Waals surface area contributed by atoms with Crippen LogP contribution in [0.1, 0.15) is 35.0 Å². The Morgan fingerprint density at radius 3 is 2.45 bits per heavy atom. The molecule has 106 valence electrons. The largest absolute Gasteiger partial charge is 0.416 e. The highest BCUT2D eigenvalue weighted by molar-refractivity contribution is 6.21. The summed E-state index contributed by atoms with van der Waals surface area (Å²) in [6, 6.07) is 10.5. The predicted octanol–water partition coefficient (Wildman–Crippen LogP) is 5.18. The van der Waals surface area contributed by atoms with Gasteiger partial charge >= 0.3 is 6.18 Å². The van der Waals surface area contributed by atoms with Crippen molar-refractivity contribution in [2.45, 2.75) is 24.4 Å². The van der Waals surface area contributed by atoms with Crippen LogP contribution in [-0.2, 0) is 6.18 Å². The molecular formula is C15H13ClF3N. The van der Waals surface area contributed by atoms with Gasteiger partial charge < -0.3 is 0 Å². The number of aromatic nitrogens is 1. The van der Waals surface area contributed by atoms with Crippen molar-refractivity contribution in [3.63, 3.8) is 0 Å². The summed E-state index contributed by atoms with van der Waals surface area (Å²) in [4.78, 5) is 4.19. The third kappa shape index (κ3) is 3.31. The van der Waals surface area contributed by atoms with E-state index in [-0.39, 0.29) is 5.92 Å². The van der Waals surface area contributed by atoms with E-state index in [1.165, 1.54) is 6.07 Å². The van der Waals surface area contributed by atoms with Gasteiger partial charge in [-0.15, -0.1) is 11.6 Å². The lowest BCUT2D eigenvalue weighted by Crippen LogP contribution is -2.08. The number of benzene rings is 1. The van der Waals surface area contributed by atoms with Crippen molar-refractivity contribution in [2.24, 2.45) is 0 Å². The van der Waals surface area contributed by atoms with Gasteiger partial charge in [-0.3, -0.25) is 4.98 Å². The van der Waals surface area contributed by atoms with Crippen LogP contribution < -0.4 is 0 Å².